The van der Waals surface area contributed by atoms with Crippen LogP contribution in [0.25, 0.3) is 16.5 Å². The van der Waals surface area contributed by atoms with Gasteiger partial charge in [-0.1, -0.05) is 37.6 Å². The molecule has 0 saturated heterocycles. The first-order valence-electron chi connectivity index (χ1n) is 10.1. The summed E-state index contributed by atoms with van der Waals surface area (Å²) in [7, 11) is -2.18. The molecule has 6 heteroatoms. The average Bonchev–Trinajstić information content (AvgIpc) is 3.16. The van der Waals surface area contributed by atoms with Gasteiger partial charge in [-0.15, -0.1) is 12.3 Å². The van der Waals surface area contributed by atoms with E-state index in [4.69, 9.17) is 6.42 Å². The topological polar surface area (TPSA) is 59.4 Å². The summed E-state index contributed by atoms with van der Waals surface area (Å²) in [6.45, 7) is 3.54. The van der Waals surface area contributed by atoms with Crippen molar-refractivity contribution in [3.05, 3.63) is 66.4 Å². The summed E-state index contributed by atoms with van der Waals surface area (Å²) in [5.41, 5.74) is 3.17. The van der Waals surface area contributed by atoms with Crippen molar-refractivity contribution in [2.75, 3.05) is 11.9 Å². The van der Waals surface area contributed by atoms with Crippen molar-refractivity contribution in [1.29, 1.82) is 0 Å². The normalized spacial score (nSPS) is 12.0. The van der Waals surface area contributed by atoms with Gasteiger partial charge in [-0.05, 0) is 42.3 Å². The zero-order chi connectivity index (χ0) is 22.6. The highest BCUT2D eigenvalue weighted by molar-refractivity contribution is 7.90. The standard InChI is InChI=1S/C25H26N2O3S/c1-5-7-11-20(10-6-2)24-18-27(25-13-9-8-12-23(24)25)31(29,30)22-16-14-21(15-17-22)26(4)19(3)28/h1,8-9,11-18H,6-7,10H2,2-4H3/b20-11+. The minimum Gasteiger partial charge on any atom is -0.316 e. The number of nitrogens with zero attached hydrogens (tertiary/aromatic N) is 2. The number of allylic oxidation sites excluding steroid dienone is 2. The third-order valence-electron chi connectivity index (χ3n) is 5.26. The molecule has 0 unspecified atom stereocenters. The van der Waals surface area contributed by atoms with Crippen LogP contribution >= 0.6 is 0 Å². The Bertz CT molecular complexity index is 1280. The van der Waals surface area contributed by atoms with Crippen molar-refractivity contribution in [1.82, 2.24) is 3.97 Å². The largest absolute Gasteiger partial charge is 0.316 e. The summed E-state index contributed by atoms with van der Waals surface area (Å²) in [5, 5.41) is 0.871. The Morgan fingerprint density at radius 2 is 1.84 bits per heavy atom. The number of anilines is 1. The molecular formula is C25H26N2O3S. The number of aromatic nitrogens is 1. The van der Waals surface area contributed by atoms with Crippen LogP contribution in [0.4, 0.5) is 5.69 Å². The third kappa shape index (κ3) is 4.42. The first-order valence-corrected chi connectivity index (χ1v) is 11.6. The van der Waals surface area contributed by atoms with E-state index in [1.165, 1.54) is 27.9 Å². The summed E-state index contributed by atoms with van der Waals surface area (Å²) >= 11 is 0. The number of carbonyl (C=O) groups is 1. The van der Waals surface area contributed by atoms with Crippen LogP contribution in [-0.4, -0.2) is 25.3 Å². The second-order valence-electron chi connectivity index (χ2n) is 7.32. The van der Waals surface area contributed by atoms with Gasteiger partial charge in [0, 0.05) is 43.2 Å². The van der Waals surface area contributed by atoms with Gasteiger partial charge < -0.3 is 4.90 Å². The Morgan fingerprint density at radius 3 is 2.45 bits per heavy atom. The van der Waals surface area contributed by atoms with Gasteiger partial charge in [0.1, 0.15) is 0 Å². The van der Waals surface area contributed by atoms with Gasteiger partial charge >= 0.3 is 0 Å². The fourth-order valence-electron chi connectivity index (χ4n) is 3.54. The minimum atomic E-state index is -3.83. The van der Waals surface area contributed by atoms with Crippen LogP contribution in [0.3, 0.4) is 0 Å². The van der Waals surface area contributed by atoms with Crippen LogP contribution in [0, 0.1) is 12.3 Å². The van der Waals surface area contributed by atoms with Crippen molar-refractivity contribution in [2.45, 2.75) is 38.0 Å². The van der Waals surface area contributed by atoms with Crippen LogP contribution in [0.15, 0.2) is 65.7 Å². The lowest BCUT2D eigenvalue weighted by Gasteiger charge is -2.15. The Hall–Kier alpha value is -3.30. The van der Waals surface area contributed by atoms with E-state index in [9.17, 15) is 13.2 Å². The van der Waals surface area contributed by atoms with Gasteiger partial charge in [-0.3, -0.25) is 4.79 Å². The number of hydrogen-bond acceptors (Lipinski definition) is 3. The quantitative estimate of drug-likeness (QED) is 0.488. The number of hydrogen-bond donors (Lipinski definition) is 0. The molecule has 0 aliphatic rings. The number of terminal acetylenes is 1. The highest BCUT2D eigenvalue weighted by Crippen LogP contribution is 2.33. The van der Waals surface area contributed by atoms with Crippen LogP contribution in [-0.2, 0) is 14.8 Å². The molecule has 160 valence electrons. The number of rotatable bonds is 7. The average molecular weight is 435 g/mol. The zero-order valence-corrected chi connectivity index (χ0v) is 18.8. The minimum absolute atomic E-state index is 0.126. The zero-order valence-electron chi connectivity index (χ0n) is 18.0. The maximum absolute atomic E-state index is 13.5. The van der Waals surface area contributed by atoms with Gasteiger partial charge in [-0.2, -0.15) is 0 Å². The van der Waals surface area contributed by atoms with Gasteiger partial charge in [-0.25, -0.2) is 12.4 Å². The number of carbonyl (C=O) groups excluding carboxylic acids is 1. The fourth-order valence-corrected chi connectivity index (χ4v) is 4.91. The molecule has 0 aliphatic carbocycles. The highest BCUT2D eigenvalue weighted by atomic mass is 32.2. The summed E-state index contributed by atoms with van der Waals surface area (Å²) in [4.78, 5) is 13.2. The molecule has 0 radical (unpaired) electrons. The van der Waals surface area contributed by atoms with E-state index in [-0.39, 0.29) is 10.8 Å². The van der Waals surface area contributed by atoms with E-state index in [1.807, 2.05) is 24.3 Å². The van der Waals surface area contributed by atoms with E-state index in [1.54, 1.807) is 31.4 Å². The Balaban J connectivity index is 2.14. The molecule has 3 rings (SSSR count). The van der Waals surface area contributed by atoms with Crippen LogP contribution < -0.4 is 4.90 Å². The molecule has 0 bridgehead atoms. The monoisotopic (exact) mass is 434 g/mol. The predicted octanol–water partition coefficient (Wildman–Crippen LogP) is 5.07. The predicted molar refractivity (Wildman–Crippen MR) is 126 cm³/mol. The number of fused-ring (bicyclic) bond motifs is 1. The molecular weight excluding hydrogens is 408 g/mol. The first kappa shape index (κ1) is 22.4. The van der Waals surface area contributed by atoms with Gasteiger partial charge in [0.05, 0.1) is 10.4 Å². The van der Waals surface area contributed by atoms with E-state index in [0.29, 0.717) is 17.6 Å². The highest BCUT2D eigenvalue weighted by Gasteiger charge is 2.22. The molecule has 0 saturated carbocycles. The maximum atomic E-state index is 13.5. The van der Waals surface area contributed by atoms with Gasteiger partial charge in [0.15, 0.2) is 0 Å². The summed E-state index contributed by atoms with van der Waals surface area (Å²) in [5.74, 6) is 2.50. The van der Waals surface area contributed by atoms with Crippen LogP contribution in [0.2, 0.25) is 0 Å². The van der Waals surface area contributed by atoms with Crippen LogP contribution in [0.1, 0.15) is 38.7 Å². The lowest BCUT2D eigenvalue weighted by molar-refractivity contribution is -0.116. The van der Waals surface area contributed by atoms with Crippen molar-refractivity contribution >= 4 is 38.1 Å². The summed E-state index contributed by atoms with van der Waals surface area (Å²) in [6, 6.07) is 13.8. The van der Waals surface area contributed by atoms with Gasteiger partial charge in [0.25, 0.3) is 10.0 Å². The Labute approximate surface area is 184 Å². The molecule has 1 aromatic heterocycles. The molecule has 1 amide bonds. The second kappa shape index (κ2) is 9.23. The Kier molecular flexibility index (Phi) is 6.67. The molecule has 5 nitrogen and oxygen atoms in total. The molecule has 3 aromatic rings. The molecule has 0 fully saturated rings. The molecule has 31 heavy (non-hydrogen) atoms. The van der Waals surface area contributed by atoms with Crippen molar-refractivity contribution in [3.63, 3.8) is 0 Å². The van der Waals surface area contributed by atoms with Crippen LogP contribution in [0.5, 0.6) is 0 Å². The second-order valence-corrected chi connectivity index (χ2v) is 9.14. The summed E-state index contributed by atoms with van der Waals surface area (Å²) in [6.07, 6.45) is 11.4. The van der Waals surface area contributed by atoms with E-state index in [2.05, 4.69) is 12.8 Å². The van der Waals surface area contributed by atoms with E-state index in [0.717, 1.165) is 29.4 Å². The first-order chi connectivity index (χ1) is 14.8. The fraction of sp³-hybridized carbons (Fsp3) is 0.240. The number of amides is 1. The molecule has 1 heterocycles. The molecule has 2 aromatic carbocycles. The molecule has 0 aliphatic heterocycles. The molecule has 0 spiro atoms. The van der Waals surface area contributed by atoms with Crippen molar-refractivity contribution in [2.24, 2.45) is 0 Å². The smallest absolute Gasteiger partial charge is 0.268 e. The van der Waals surface area contributed by atoms with Crippen molar-refractivity contribution < 1.29 is 13.2 Å². The lowest BCUT2D eigenvalue weighted by atomic mass is 10.00. The Morgan fingerprint density at radius 1 is 1.16 bits per heavy atom. The van der Waals surface area contributed by atoms with Gasteiger partial charge in [0.2, 0.25) is 5.91 Å². The van der Waals surface area contributed by atoms with E-state index >= 15 is 0 Å². The lowest BCUT2D eigenvalue weighted by Crippen LogP contribution is -2.22. The maximum Gasteiger partial charge on any atom is 0.268 e. The van der Waals surface area contributed by atoms with E-state index < -0.39 is 10.0 Å². The molecule has 0 atom stereocenters. The number of benzene rings is 2. The SMILES string of the molecule is C#CC/C=C(\CCC)c1cn(S(=O)(=O)c2ccc(N(C)C(C)=O)cc2)c2ccccc12. The number of para-hydroxylation sites is 1. The molecule has 0 N–H and O–H groups in total. The summed E-state index contributed by atoms with van der Waals surface area (Å²) < 4.78 is 28.3. The third-order valence-corrected chi connectivity index (χ3v) is 6.95. The van der Waals surface area contributed by atoms with Crippen molar-refractivity contribution in [3.8, 4) is 12.3 Å².